The molecule has 0 bridgehead atoms. The highest BCUT2D eigenvalue weighted by molar-refractivity contribution is 6.17. The van der Waals surface area contributed by atoms with Crippen LogP contribution in [-0.2, 0) is 9.59 Å². The maximum atomic E-state index is 11.6. The number of hydrogen-bond donors (Lipinski definition) is 1. The molecule has 0 aromatic heterocycles. The Labute approximate surface area is 112 Å². The molecule has 0 radical (unpaired) electrons. The highest BCUT2D eigenvalue weighted by Gasteiger charge is 2.26. The van der Waals surface area contributed by atoms with E-state index in [1.807, 2.05) is 45.0 Å². The second-order valence-electron chi connectivity index (χ2n) is 4.85. The number of carbonyl (C=O) groups is 2. The summed E-state index contributed by atoms with van der Waals surface area (Å²) in [6.07, 6.45) is 0.290. The Kier molecular flexibility index (Phi) is 3.69. The topological polar surface area (TPSA) is 55.4 Å². The molecule has 1 aromatic rings. The summed E-state index contributed by atoms with van der Waals surface area (Å²) in [5.41, 5.74) is 2.30. The molecule has 2 rings (SSSR count). The van der Waals surface area contributed by atoms with Gasteiger partial charge in [-0.05, 0) is 44.0 Å². The van der Waals surface area contributed by atoms with Crippen LogP contribution >= 0.6 is 0 Å². The first-order valence-electron chi connectivity index (χ1n) is 6.28. The van der Waals surface area contributed by atoms with Gasteiger partial charge in [0.2, 0.25) is 5.91 Å². The van der Waals surface area contributed by atoms with Crippen LogP contribution in [0.25, 0.3) is 5.57 Å². The second-order valence-corrected chi connectivity index (χ2v) is 4.85. The van der Waals surface area contributed by atoms with E-state index in [1.165, 1.54) is 0 Å². The summed E-state index contributed by atoms with van der Waals surface area (Å²) >= 11 is 0. The third-order valence-electron chi connectivity index (χ3n) is 2.98. The fraction of sp³-hybridized carbons (Fsp3) is 0.333. The lowest BCUT2D eigenvalue weighted by molar-refractivity contribution is -0.124. The van der Waals surface area contributed by atoms with Crippen LogP contribution in [-0.4, -0.2) is 17.9 Å². The zero-order valence-electron chi connectivity index (χ0n) is 11.3. The van der Waals surface area contributed by atoms with E-state index in [0.717, 1.165) is 16.9 Å². The Hall–Kier alpha value is -2.10. The molecule has 100 valence electrons. The Morgan fingerprint density at radius 3 is 2.32 bits per heavy atom. The standard InChI is InChI=1S/C15H17NO3/c1-9(2)19-12-6-4-11(5-7-12)10(3)13-8-14(17)16-15(13)18/h4-7,9H,8H2,1-3H3,(H,16,17,18). The van der Waals surface area contributed by atoms with Gasteiger partial charge in [0, 0.05) is 5.57 Å². The van der Waals surface area contributed by atoms with Crippen molar-refractivity contribution in [1.82, 2.24) is 5.32 Å². The van der Waals surface area contributed by atoms with Crippen molar-refractivity contribution < 1.29 is 14.3 Å². The molecule has 1 aliphatic heterocycles. The quantitative estimate of drug-likeness (QED) is 0.669. The van der Waals surface area contributed by atoms with Crippen molar-refractivity contribution in [3.8, 4) is 5.75 Å². The zero-order chi connectivity index (χ0) is 14.0. The summed E-state index contributed by atoms with van der Waals surface area (Å²) in [6.45, 7) is 5.79. The van der Waals surface area contributed by atoms with Crippen LogP contribution in [0.15, 0.2) is 29.8 Å². The van der Waals surface area contributed by atoms with Gasteiger partial charge in [-0.25, -0.2) is 0 Å². The van der Waals surface area contributed by atoms with Gasteiger partial charge < -0.3 is 4.74 Å². The van der Waals surface area contributed by atoms with Gasteiger partial charge in [-0.15, -0.1) is 0 Å². The van der Waals surface area contributed by atoms with Crippen LogP contribution in [0.1, 0.15) is 32.8 Å². The Bertz CT molecular complexity index is 541. The Morgan fingerprint density at radius 1 is 1.21 bits per heavy atom. The van der Waals surface area contributed by atoms with Crippen molar-refractivity contribution in [2.75, 3.05) is 0 Å². The highest BCUT2D eigenvalue weighted by atomic mass is 16.5. The first-order chi connectivity index (χ1) is 8.97. The first-order valence-corrected chi connectivity index (χ1v) is 6.28. The van der Waals surface area contributed by atoms with E-state index in [4.69, 9.17) is 4.74 Å². The van der Waals surface area contributed by atoms with Gasteiger partial charge in [0.25, 0.3) is 5.91 Å². The molecule has 0 atom stereocenters. The summed E-state index contributed by atoms with van der Waals surface area (Å²) in [5.74, 6) is 0.271. The van der Waals surface area contributed by atoms with E-state index >= 15 is 0 Å². The van der Waals surface area contributed by atoms with Gasteiger partial charge in [0.05, 0.1) is 12.5 Å². The number of rotatable bonds is 3. The molecule has 19 heavy (non-hydrogen) atoms. The summed E-state index contributed by atoms with van der Waals surface area (Å²) in [5, 5.41) is 2.29. The molecule has 0 aliphatic carbocycles. The monoisotopic (exact) mass is 259 g/mol. The van der Waals surface area contributed by atoms with Crippen molar-refractivity contribution in [1.29, 1.82) is 0 Å². The predicted octanol–water partition coefficient (Wildman–Crippen LogP) is 2.29. The molecule has 1 saturated heterocycles. The number of benzene rings is 1. The predicted molar refractivity (Wildman–Crippen MR) is 72.6 cm³/mol. The number of carbonyl (C=O) groups excluding carboxylic acids is 2. The molecular weight excluding hydrogens is 242 g/mol. The maximum Gasteiger partial charge on any atom is 0.254 e. The van der Waals surface area contributed by atoms with Crippen molar-refractivity contribution in [2.24, 2.45) is 0 Å². The number of hydrogen-bond acceptors (Lipinski definition) is 3. The van der Waals surface area contributed by atoms with Crippen LogP contribution in [0.4, 0.5) is 0 Å². The largest absolute Gasteiger partial charge is 0.491 e. The lowest BCUT2D eigenvalue weighted by Gasteiger charge is -2.10. The molecule has 4 heteroatoms. The molecule has 2 amide bonds. The normalized spacial score (nSPS) is 17.7. The van der Waals surface area contributed by atoms with E-state index in [2.05, 4.69) is 5.32 Å². The molecule has 0 spiro atoms. The second kappa shape index (κ2) is 5.26. The minimum atomic E-state index is -0.287. The van der Waals surface area contributed by atoms with E-state index in [9.17, 15) is 9.59 Å². The average molecular weight is 259 g/mol. The minimum Gasteiger partial charge on any atom is -0.491 e. The third kappa shape index (κ3) is 3.02. The van der Waals surface area contributed by atoms with Crippen molar-refractivity contribution in [3.63, 3.8) is 0 Å². The van der Waals surface area contributed by atoms with Crippen LogP contribution in [0, 0.1) is 0 Å². The Morgan fingerprint density at radius 2 is 1.84 bits per heavy atom. The molecule has 1 aliphatic rings. The summed E-state index contributed by atoms with van der Waals surface area (Å²) in [4.78, 5) is 22.8. The number of allylic oxidation sites excluding steroid dienone is 1. The number of nitrogens with one attached hydrogen (secondary N) is 1. The summed E-state index contributed by atoms with van der Waals surface area (Å²) < 4.78 is 5.56. The van der Waals surface area contributed by atoms with E-state index < -0.39 is 0 Å². The molecule has 1 heterocycles. The summed E-state index contributed by atoms with van der Waals surface area (Å²) in [6, 6.07) is 7.54. The average Bonchev–Trinajstić information content (AvgIpc) is 2.68. The fourth-order valence-corrected chi connectivity index (χ4v) is 2.02. The lowest BCUT2D eigenvalue weighted by Crippen LogP contribution is -2.19. The number of imide groups is 1. The van der Waals surface area contributed by atoms with Gasteiger partial charge >= 0.3 is 0 Å². The molecule has 0 saturated carbocycles. The molecule has 1 fully saturated rings. The Balaban J connectivity index is 2.25. The molecule has 1 aromatic carbocycles. The number of ether oxygens (including phenoxy) is 1. The van der Waals surface area contributed by atoms with E-state index in [0.29, 0.717) is 5.57 Å². The molecule has 4 nitrogen and oxygen atoms in total. The fourth-order valence-electron chi connectivity index (χ4n) is 2.02. The SMILES string of the molecule is CC(=C1CC(=O)NC1=O)c1ccc(OC(C)C)cc1. The van der Waals surface area contributed by atoms with Crippen LogP contribution in [0.3, 0.4) is 0 Å². The third-order valence-corrected chi connectivity index (χ3v) is 2.98. The van der Waals surface area contributed by atoms with Gasteiger partial charge in [0.15, 0.2) is 0 Å². The number of amides is 2. The van der Waals surface area contributed by atoms with Crippen LogP contribution < -0.4 is 10.1 Å². The first kappa shape index (κ1) is 13.3. The smallest absolute Gasteiger partial charge is 0.254 e. The van der Waals surface area contributed by atoms with Crippen LogP contribution in [0.2, 0.25) is 0 Å². The van der Waals surface area contributed by atoms with Gasteiger partial charge in [-0.3, -0.25) is 14.9 Å². The molecule has 1 N–H and O–H groups in total. The maximum absolute atomic E-state index is 11.6. The van der Waals surface area contributed by atoms with Crippen molar-refractivity contribution in [2.45, 2.75) is 33.3 Å². The molecule has 0 unspecified atom stereocenters. The van der Waals surface area contributed by atoms with Crippen molar-refractivity contribution >= 4 is 17.4 Å². The van der Waals surface area contributed by atoms with E-state index in [1.54, 1.807) is 0 Å². The van der Waals surface area contributed by atoms with Crippen LogP contribution in [0.5, 0.6) is 5.75 Å². The van der Waals surface area contributed by atoms with Gasteiger partial charge in [-0.2, -0.15) is 0 Å². The van der Waals surface area contributed by atoms with Gasteiger partial charge in [0.1, 0.15) is 5.75 Å². The zero-order valence-corrected chi connectivity index (χ0v) is 11.3. The minimum absolute atomic E-state index is 0.128. The highest BCUT2D eigenvalue weighted by Crippen LogP contribution is 2.25. The van der Waals surface area contributed by atoms with Crippen molar-refractivity contribution in [3.05, 3.63) is 35.4 Å². The van der Waals surface area contributed by atoms with E-state index in [-0.39, 0.29) is 24.3 Å². The van der Waals surface area contributed by atoms with Gasteiger partial charge in [-0.1, -0.05) is 12.1 Å². The summed E-state index contributed by atoms with van der Waals surface area (Å²) in [7, 11) is 0. The lowest BCUT2D eigenvalue weighted by atomic mass is 10.0. The molecular formula is C15H17NO3.